The Labute approximate surface area is 263 Å². The molecule has 0 bridgehead atoms. The molecule has 0 spiro atoms. The van der Waals surface area contributed by atoms with Gasteiger partial charge in [-0.2, -0.15) is 29.0 Å². The van der Waals surface area contributed by atoms with Gasteiger partial charge in [0.05, 0.1) is 34.1 Å². The number of alkyl halides is 3. The molecule has 1 atom stereocenters. The number of nitrogens with zero attached hydrogens (tertiary/aromatic N) is 6. The molecule has 46 heavy (non-hydrogen) atoms. The highest BCUT2D eigenvalue weighted by Crippen LogP contribution is 2.54. The summed E-state index contributed by atoms with van der Waals surface area (Å²) in [5.74, 6) is 0. The summed E-state index contributed by atoms with van der Waals surface area (Å²) in [6.45, 7) is 6.69. The molecule has 4 N–H and O–H groups in total. The fourth-order valence-electron chi connectivity index (χ4n) is 5.65. The third kappa shape index (κ3) is 5.33. The third-order valence-electron chi connectivity index (χ3n) is 8.19. The van der Waals surface area contributed by atoms with Gasteiger partial charge in [0.2, 0.25) is 0 Å². The maximum Gasteiger partial charge on any atom is 0.413 e. The molecular weight excluding hydrogens is 593 g/mol. The standard InChI is InChI=1S/C33H29F3N10/c1-31(2,3)18-42-29-20(14-38)16-41-28-19(13-37)11-21(12-25(28)29)43-30(24-6-4-5-23-22(24)7-10-40-26(23)15-39)27-17-46(45-44-27)32(8-9-32)33(34,35)36/h4-7,10-12,16-17,30,43-45H,8-9,18H2,1-3H3,(H,41,42)/t30-/m0/s1. The highest BCUT2D eigenvalue weighted by atomic mass is 19.4. The summed E-state index contributed by atoms with van der Waals surface area (Å²) in [7, 11) is 0. The van der Waals surface area contributed by atoms with Gasteiger partial charge in [-0.15, -0.1) is 5.53 Å². The number of halogens is 3. The van der Waals surface area contributed by atoms with Gasteiger partial charge in [0.1, 0.15) is 23.9 Å². The van der Waals surface area contributed by atoms with E-state index in [1.165, 1.54) is 18.6 Å². The van der Waals surface area contributed by atoms with E-state index in [2.05, 4.69) is 70.5 Å². The van der Waals surface area contributed by atoms with E-state index in [-0.39, 0.29) is 29.5 Å². The van der Waals surface area contributed by atoms with Crippen LogP contribution in [0.5, 0.6) is 0 Å². The summed E-state index contributed by atoms with van der Waals surface area (Å²) in [5, 5.41) is 39.4. The van der Waals surface area contributed by atoms with Gasteiger partial charge in [-0.3, -0.25) is 9.99 Å². The zero-order chi connectivity index (χ0) is 32.9. The lowest BCUT2D eigenvalue weighted by molar-refractivity contribution is -0.195. The molecule has 0 unspecified atom stereocenters. The predicted molar refractivity (Wildman–Crippen MR) is 166 cm³/mol. The van der Waals surface area contributed by atoms with Crippen molar-refractivity contribution in [1.29, 1.82) is 15.8 Å². The van der Waals surface area contributed by atoms with Gasteiger partial charge < -0.3 is 16.1 Å². The fourth-order valence-corrected chi connectivity index (χ4v) is 5.65. The number of nitriles is 3. The largest absolute Gasteiger partial charge is 0.413 e. The van der Waals surface area contributed by atoms with Crippen molar-refractivity contribution in [3.63, 3.8) is 0 Å². The summed E-state index contributed by atoms with van der Waals surface area (Å²) in [5.41, 5.74) is 6.68. The van der Waals surface area contributed by atoms with Crippen molar-refractivity contribution in [1.82, 2.24) is 25.9 Å². The quantitative estimate of drug-likeness (QED) is 0.186. The minimum Gasteiger partial charge on any atom is -0.383 e. The van der Waals surface area contributed by atoms with Crippen molar-refractivity contribution in [3.8, 4) is 18.2 Å². The number of hydrogen-bond acceptors (Lipinski definition) is 10. The number of aromatic nitrogens is 2. The molecule has 4 aromatic rings. The SMILES string of the molecule is CC(C)(C)CNc1c(C#N)cnc2c(C#N)cc(N[C@H](C3=CN(C4(C(F)(F)F)CC4)NN3)c3cccc4c(C#N)nccc34)cc12. The first-order valence-electron chi connectivity index (χ1n) is 14.5. The lowest BCUT2D eigenvalue weighted by atomic mass is 9.95. The van der Waals surface area contributed by atoms with Crippen LogP contribution in [0.3, 0.4) is 0 Å². The smallest absolute Gasteiger partial charge is 0.383 e. The molecule has 13 heteroatoms. The van der Waals surface area contributed by atoms with Crippen LogP contribution >= 0.6 is 0 Å². The van der Waals surface area contributed by atoms with Crippen LogP contribution in [0.1, 0.15) is 62.0 Å². The van der Waals surface area contributed by atoms with Crippen molar-refractivity contribution >= 4 is 33.1 Å². The average molecular weight is 623 g/mol. The van der Waals surface area contributed by atoms with E-state index >= 15 is 0 Å². The average Bonchev–Trinajstić information content (AvgIpc) is 3.72. The Hall–Kier alpha value is -5.58. The number of rotatable bonds is 7. The molecule has 10 nitrogen and oxygen atoms in total. The number of pyridine rings is 2. The minimum atomic E-state index is -4.45. The lowest BCUT2D eigenvalue weighted by Gasteiger charge is -2.28. The molecule has 1 fully saturated rings. The second-order valence-electron chi connectivity index (χ2n) is 12.6. The number of hydrazine groups is 2. The van der Waals surface area contributed by atoms with E-state index in [4.69, 9.17) is 0 Å². The minimum absolute atomic E-state index is 0.0483. The number of benzene rings is 2. The molecule has 1 aliphatic carbocycles. The molecule has 1 saturated carbocycles. The van der Waals surface area contributed by atoms with Crippen LogP contribution in [0.2, 0.25) is 0 Å². The van der Waals surface area contributed by atoms with Crippen molar-refractivity contribution in [3.05, 3.63) is 83.1 Å². The van der Waals surface area contributed by atoms with E-state index in [0.717, 1.165) is 5.01 Å². The van der Waals surface area contributed by atoms with E-state index in [0.29, 0.717) is 56.4 Å². The Morgan fingerprint density at radius 2 is 1.74 bits per heavy atom. The van der Waals surface area contributed by atoms with Crippen LogP contribution in [0.15, 0.2) is 60.7 Å². The lowest BCUT2D eigenvalue weighted by Crippen LogP contribution is -2.52. The third-order valence-corrected chi connectivity index (χ3v) is 8.19. The molecule has 2 aromatic carbocycles. The van der Waals surface area contributed by atoms with Crippen LogP contribution in [-0.2, 0) is 0 Å². The molecule has 0 saturated heterocycles. The van der Waals surface area contributed by atoms with Gasteiger partial charge in [0, 0.05) is 41.6 Å². The Balaban J connectivity index is 1.51. The number of anilines is 2. The van der Waals surface area contributed by atoms with Crippen molar-refractivity contribution < 1.29 is 13.2 Å². The normalized spacial score (nSPS) is 16.2. The second-order valence-corrected chi connectivity index (χ2v) is 12.6. The summed E-state index contributed by atoms with van der Waals surface area (Å²) >= 11 is 0. The molecule has 0 amide bonds. The maximum atomic E-state index is 14.0. The highest BCUT2D eigenvalue weighted by Gasteiger charge is 2.67. The number of hydrogen-bond donors (Lipinski definition) is 4. The van der Waals surface area contributed by atoms with E-state index in [1.54, 1.807) is 30.3 Å². The van der Waals surface area contributed by atoms with Crippen molar-refractivity contribution in [2.45, 2.75) is 51.4 Å². The van der Waals surface area contributed by atoms with E-state index in [9.17, 15) is 29.0 Å². The Bertz CT molecular complexity index is 2020. The van der Waals surface area contributed by atoms with Gasteiger partial charge >= 0.3 is 6.18 Å². The van der Waals surface area contributed by atoms with E-state index in [1.807, 2.05) is 6.07 Å². The summed E-state index contributed by atoms with van der Waals surface area (Å²) in [4.78, 5) is 8.58. The summed E-state index contributed by atoms with van der Waals surface area (Å²) in [6.07, 6.45) is -0.201. The maximum absolute atomic E-state index is 14.0. The Morgan fingerprint density at radius 1 is 0.978 bits per heavy atom. The molecule has 0 radical (unpaired) electrons. The Morgan fingerprint density at radius 3 is 2.39 bits per heavy atom. The van der Waals surface area contributed by atoms with Gasteiger partial charge in [-0.1, -0.05) is 39.0 Å². The van der Waals surface area contributed by atoms with Crippen LogP contribution in [0.4, 0.5) is 24.5 Å². The van der Waals surface area contributed by atoms with E-state index < -0.39 is 17.8 Å². The predicted octanol–water partition coefficient (Wildman–Crippen LogP) is 6.27. The van der Waals surface area contributed by atoms with Crippen molar-refractivity contribution in [2.75, 3.05) is 17.2 Å². The monoisotopic (exact) mass is 622 g/mol. The molecular formula is C33H29F3N10. The zero-order valence-corrected chi connectivity index (χ0v) is 25.2. The van der Waals surface area contributed by atoms with Gasteiger partial charge in [-0.05, 0) is 47.4 Å². The molecule has 232 valence electrons. The fraction of sp³-hybridized carbons (Fsp3) is 0.303. The molecule has 3 heterocycles. The topological polar surface area (TPSA) is 149 Å². The first kappa shape index (κ1) is 30.4. The first-order valence-corrected chi connectivity index (χ1v) is 14.5. The number of nitrogens with one attached hydrogen (secondary N) is 4. The molecule has 2 aliphatic rings. The first-order chi connectivity index (χ1) is 21.9. The second kappa shape index (κ2) is 11.1. The van der Waals surface area contributed by atoms with Crippen molar-refractivity contribution in [2.24, 2.45) is 5.41 Å². The Kier molecular flexibility index (Phi) is 7.34. The van der Waals surface area contributed by atoms with Crippen LogP contribution in [0.25, 0.3) is 21.7 Å². The van der Waals surface area contributed by atoms with Crippen LogP contribution < -0.4 is 21.6 Å². The number of fused-ring (bicyclic) bond motifs is 2. The summed E-state index contributed by atoms with van der Waals surface area (Å²) in [6, 6.07) is 16.2. The molecule has 6 rings (SSSR count). The van der Waals surface area contributed by atoms with Gasteiger partial charge in [0.15, 0.2) is 5.54 Å². The molecule has 2 aromatic heterocycles. The van der Waals surface area contributed by atoms with Gasteiger partial charge in [0.25, 0.3) is 0 Å². The van der Waals surface area contributed by atoms with Crippen LogP contribution in [-0.4, -0.2) is 33.2 Å². The van der Waals surface area contributed by atoms with Crippen LogP contribution in [0, 0.1) is 39.4 Å². The zero-order valence-electron chi connectivity index (χ0n) is 25.2. The van der Waals surface area contributed by atoms with Gasteiger partial charge in [-0.25, -0.2) is 4.98 Å². The highest BCUT2D eigenvalue weighted by molar-refractivity contribution is 5.99. The summed E-state index contributed by atoms with van der Waals surface area (Å²) < 4.78 is 42.1. The molecule has 1 aliphatic heterocycles.